The molecule has 1 fully saturated rings. The second-order valence-electron chi connectivity index (χ2n) is 13.5. The largest absolute Gasteiger partial charge is 0.455 e. The number of rotatable bonds is 27. The number of ether oxygens (including phenoxy) is 2. The van der Waals surface area contributed by atoms with Gasteiger partial charge in [-0.25, -0.2) is 4.79 Å². The fourth-order valence-electron chi connectivity index (χ4n) is 6.46. The molecule has 1 saturated heterocycles. The number of carbonyl (C=O) groups excluding carboxylic acids is 1. The van der Waals surface area contributed by atoms with E-state index in [4.69, 9.17) is 9.47 Å². The van der Waals surface area contributed by atoms with Crippen LogP contribution in [0.3, 0.4) is 0 Å². The van der Waals surface area contributed by atoms with E-state index in [2.05, 4.69) is 19.1 Å². The van der Waals surface area contributed by atoms with E-state index in [9.17, 15) is 25.2 Å². The molecule has 2 aliphatic rings. The summed E-state index contributed by atoms with van der Waals surface area (Å²) in [5.41, 5.74) is 0.583. The highest BCUT2D eigenvalue weighted by atomic mass is 16.5. The number of aliphatic hydroxyl groups excluding tert-OH is 4. The van der Waals surface area contributed by atoms with Crippen LogP contribution in [-0.2, 0) is 14.3 Å². The topological polar surface area (TPSA) is 116 Å². The van der Waals surface area contributed by atoms with Crippen molar-refractivity contribution in [2.75, 3.05) is 0 Å². The minimum Gasteiger partial charge on any atom is -0.455 e. The normalized spacial score (nSPS) is 23.2. The lowest BCUT2D eigenvalue weighted by molar-refractivity contribution is -0.139. The first kappa shape index (κ1) is 38.9. The van der Waals surface area contributed by atoms with Gasteiger partial charge >= 0.3 is 5.97 Å². The molecule has 2 aliphatic heterocycles. The molecular formula is C37H66O7. The first-order valence-electron chi connectivity index (χ1n) is 18.2. The third-order valence-electron chi connectivity index (χ3n) is 9.29. The predicted octanol–water partition coefficient (Wildman–Crippen LogP) is 7.62. The van der Waals surface area contributed by atoms with Crippen molar-refractivity contribution in [3.63, 3.8) is 0 Å². The van der Waals surface area contributed by atoms with Crippen LogP contribution in [0.15, 0.2) is 23.8 Å². The summed E-state index contributed by atoms with van der Waals surface area (Å²) < 4.78 is 11.2. The first-order valence-corrected chi connectivity index (χ1v) is 18.2. The SMILES string of the molecule is CCCCC=CCCCCCCCC(O)C1CCC(CCCC(O)C(O)CCCCCCCC(O)CC2=CC(C)OC2=O)O1. The summed E-state index contributed by atoms with van der Waals surface area (Å²) in [6, 6.07) is 0. The van der Waals surface area contributed by atoms with E-state index >= 15 is 0 Å². The molecule has 7 heteroatoms. The molecule has 0 aromatic rings. The molecule has 2 heterocycles. The summed E-state index contributed by atoms with van der Waals surface area (Å²) in [6.45, 7) is 4.05. The van der Waals surface area contributed by atoms with Crippen LogP contribution >= 0.6 is 0 Å². The maximum Gasteiger partial charge on any atom is 0.334 e. The van der Waals surface area contributed by atoms with E-state index in [1.807, 2.05) is 6.92 Å². The number of allylic oxidation sites excluding steroid dienone is 2. The van der Waals surface area contributed by atoms with Crippen molar-refractivity contribution >= 4 is 5.97 Å². The predicted molar refractivity (Wildman–Crippen MR) is 177 cm³/mol. The van der Waals surface area contributed by atoms with E-state index < -0.39 is 18.3 Å². The average molecular weight is 623 g/mol. The van der Waals surface area contributed by atoms with Crippen LogP contribution in [0.5, 0.6) is 0 Å². The Morgan fingerprint density at radius 3 is 2.02 bits per heavy atom. The van der Waals surface area contributed by atoms with Gasteiger partial charge < -0.3 is 29.9 Å². The molecule has 0 aliphatic carbocycles. The minimum atomic E-state index is -0.704. The molecule has 0 aromatic carbocycles. The molecule has 2 rings (SSSR count). The van der Waals surface area contributed by atoms with Gasteiger partial charge in [-0.15, -0.1) is 0 Å². The van der Waals surface area contributed by atoms with Gasteiger partial charge in [-0.05, 0) is 83.6 Å². The molecule has 0 aromatic heterocycles. The monoisotopic (exact) mass is 622 g/mol. The Balaban J connectivity index is 1.40. The smallest absolute Gasteiger partial charge is 0.334 e. The standard InChI is InChI=1S/C37H66O7/c1-3-4-5-6-7-8-9-10-11-14-18-23-35(41)36-26-25-32(44-36)21-19-24-34(40)33(39)22-17-15-12-13-16-20-31(38)28-30-27-29(2)43-37(30)42/h6-7,27,29,31-36,38-41H,3-5,8-26,28H2,1-2H3. The lowest BCUT2D eigenvalue weighted by Crippen LogP contribution is -2.27. The number of hydrogen-bond acceptors (Lipinski definition) is 7. The van der Waals surface area contributed by atoms with Crippen molar-refractivity contribution in [3.05, 3.63) is 23.8 Å². The molecule has 0 saturated carbocycles. The second-order valence-corrected chi connectivity index (χ2v) is 13.5. The summed E-state index contributed by atoms with van der Waals surface area (Å²) >= 11 is 0. The summed E-state index contributed by atoms with van der Waals surface area (Å²) in [7, 11) is 0. The van der Waals surface area contributed by atoms with Crippen molar-refractivity contribution in [1.82, 2.24) is 0 Å². The van der Waals surface area contributed by atoms with Gasteiger partial charge in [0.25, 0.3) is 0 Å². The van der Waals surface area contributed by atoms with E-state index in [-0.39, 0.29) is 30.4 Å². The molecule has 44 heavy (non-hydrogen) atoms. The molecular weight excluding hydrogens is 556 g/mol. The van der Waals surface area contributed by atoms with Crippen LogP contribution < -0.4 is 0 Å². The Labute approximate surface area is 268 Å². The number of carbonyl (C=O) groups is 1. The fourth-order valence-corrected chi connectivity index (χ4v) is 6.46. The van der Waals surface area contributed by atoms with Gasteiger partial charge in [0.1, 0.15) is 6.10 Å². The number of esters is 1. The zero-order valence-electron chi connectivity index (χ0n) is 28.1. The van der Waals surface area contributed by atoms with Gasteiger partial charge in [0, 0.05) is 12.0 Å². The summed E-state index contributed by atoms with van der Waals surface area (Å²) in [4.78, 5) is 11.7. The Bertz CT molecular complexity index is 797. The Kier molecular flexibility index (Phi) is 21.2. The van der Waals surface area contributed by atoms with Crippen LogP contribution in [0.2, 0.25) is 0 Å². The molecule has 4 N–H and O–H groups in total. The zero-order valence-corrected chi connectivity index (χ0v) is 28.1. The summed E-state index contributed by atoms with van der Waals surface area (Å²) in [6.07, 6.45) is 26.4. The van der Waals surface area contributed by atoms with Crippen LogP contribution in [-0.4, -0.2) is 69.1 Å². The Hall–Kier alpha value is -1.25. The average Bonchev–Trinajstić information content (AvgIpc) is 3.60. The van der Waals surface area contributed by atoms with Gasteiger partial charge in [-0.1, -0.05) is 89.7 Å². The molecule has 0 amide bonds. The third kappa shape index (κ3) is 17.4. The maximum absolute atomic E-state index is 11.7. The Morgan fingerprint density at radius 1 is 0.773 bits per heavy atom. The van der Waals surface area contributed by atoms with Crippen molar-refractivity contribution in [1.29, 1.82) is 0 Å². The van der Waals surface area contributed by atoms with Crippen LogP contribution in [0.4, 0.5) is 0 Å². The molecule has 256 valence electrons. The third-order valence-corrected chi connectivity index (χ3v) is 9.29. The zero-order chi connectivity index (χ0) is 32.0. The molecule has 7 unspecified atom stereocenters. The second kappa shape index (κ2) is 24.0. The lowest BCUT2D eigenvalue weighted by atomic mass is 9.98. The van der Waals surface area contributed by atoms with Gasteiger partial charge in [0.2, 0.25) is 0 Å². The number of cyclic esters (lactones) is 1. The van der Waals surface area contributed by atoms with E-state index in [0.29, 0.717) is 31.3 Å². The Morgan fingerprint density at radius 2 is 1.36 bits per heavy atom. The maximum atomic E-state index is 11.7. The van der Waals surface area contributed by atoms with Crippen LogP contribution in [0.25, 0.3) is 0 Å². The van der Waals surface area contributed by atoms with E-state index in [0.717, 1.165) is 70.6 Å². The minimum absolute atomic E-state index is 0.0562. The highest BCUT2D eigenvalue weighted by molar-refractivity contribution is 5.90. The first-order chi connectivity index (χ1) is 21.3. The molecule has 0 bridgehead atoms. The van der Waals surface area contributed by atoms with E-state index in [1.165, 1.54) is 51.4 Å². The van der Waals surface area contributed by atoms with Gasteiger partial charge in [-0.2, -0.15) is 0 Å². The summed E-state index contributed by atoms with van der Waals surface area (Å²) in [5.74, 6) is -0.309. The molecule has 0 spiro atoms. The fraction of sp³-hybridized carbons (Fsp3) is 0.865. The molecule has 0 radical (unpaired) electrons. The van der Waals surface area contributed by atoms with Crippen molar-refractivity contribution < 1.29 is 34.7 Å². The quantitative estimate of drug-likeness (QED) is 0.0423. The number of hydrogen-bond donors (Lipinski definition) is 4. The van der Waals surface area contributed by atoms with Crippen molar-refractivity contribution in [2.45, 2.75) is 204 Å². The van der Waals surface area contributed by atoms with Gasteiger partial charge in [0.15, 0.2) is 0 Å². The number of aliphatic hydroxyl groups is 4. The highest BCUT2D eigenvalue weighted by Gasteiger charge is 2.30. The van der Waals surface area contributed by atoms with Crippen molar-refractivity contribution in [2.24, 2.45) is 0 Å². The van der Waals surface area contributed by atoms with Crippen molar-refractivity contribution in [3.8, 4) is 0 Å². The van der Waals surface area contributed by atoms with Gasteiger partial charge in [0.05, 0.1) is 36.6 Å². The van der Waals surface area contributed by atoms with Crippen LogP contribution in [0, 0.1) is 0 Å². The number of unbranched alkanes of at least 4 members (excludes halogenated alkanes) is 11. The van der Waals surface area contributed by atoms with E-state index in [1.54, 1.807) is 6.08 Å². The molecule has 7 atom stereocenters. The van der Waals surface area contributed by atoms with Crippen LogP contribution in [0.1, 0.15) is 162 Å². The molecule has 7 nitrogen and oxygen atoms in total. The lowest BCUT2D eigenvalue weighted by Gasteiger charge is -2.20. The summed E-state index contributed by atoms with van der Waals surface area (Å²) in [5, 5.41) is 41.6. The highest BCUT2D eigenvalue weighted by Crippen LogP contribution is 2.28. The van der Waals surface area contributed by atoms with Gasteiger partial charge in [-0.3, -0.25) is 0 Å².